The van der Waals surface area contributed by atoms with E-state index in [0.717, 1.165) is 12.1 Å². The molecule has 1 aliphatic rings. The Hall–Kier alpha value is -1.25. The van der Waals surface area contributed by atoms with Gasteiger partial charge in [-0.3, -0.25) is 4.74 Å². The Morgan fingerprint density at radius 3 is 1.87 bits per heavy atom. The zero-order valence-corrected chi connectivity index (χ0v) is 11.8. The molecule has 0 atom stereocenters. The second kappa shape index (κ2) is 5.12. The molecule has 0 aliphatic carbocycles. The molecule has 1 saturated heterocycles. The molecule has 8 N–H and O–H groups in total. The SMILES string of the molecule is Cc1cc(CN2C(O)(O)C(O)(O)OC(O)(O)C2(O)O)ccc1F. The summed E-state index contributed by atoms with van der Waals surface area (Å²) in [7, 11) is 0. The molecular weight excluding hydrogens is 321 g/mol. The molecule has 1 heterocycles. The van der Waals surface area contributed by atoms with Crippen LogP contribution in [0, 0.1) is 12.7 Å². The van der Waals surface area contributed by atoms with Gasteiger partial charge in [0.05, 0.1) is 0 Å². The van der Waals surface area contributed by atoms with Crippen molar-refractivity contribution in [2.24, 2.45) is 0 Å². The van der Waals surface area contributed by atoms with Crippen molar-refractivity contribution in [3.63, 3.8) is 0 Å². The van der Waals surface area contributed by atoms with Crippen molar-refractivity contribution in [2.75, 3.05) is 0 Å². The lowest BCUT2D eigenvalue weighted by Gasteiger charge is -2.55. The summed E-state index contributed by atoms with van der Waals surface area (Å²) in [5.41, 5.74) is 0.176. The van der Waals surface area contributed by atoms with E-state index in [1.165, 1.54) is 13.0 Å². The minimum Gasteiger partial charge on any atom is -0.347 e. The van der Waals surface area contributed by atoms with Gasteiger partial charge in [0, 0.05) is 6.54 Å². The first-order chi connectivity index (χ1) is 10.2. The van der Waals surface area contributed by atoms with Crippen LogP contribution in [-0.4, -0.2) is 69.5 Å². The van der Waals surface area contributed by atoms with Crippen LogP contribution in [0.3, 0.4) is 0 Å². The third-order valence-corrected chi connectivity index (χ3v) is 3.47. The summed E-state index contributed by atoms with van der Waals surface area (Å²) in [6.07, 6.45) is 0. The van der Waals surface area contributed by atoms with E-state index in [9.17, 15) is 45.2 Å². The first-order valence-corrected chi connectivity index (χ1v) is 6.24. The summed E-state index contributed by atoms with van der Waals surface area (Å²) in [5.74, 6) is -16.3. The Morgan fingerprint density at radius 1 is 0.957 bits per heavy atom. The normalized spacial score (nSPS) is 25.3. The molecule has 0 unspecified atom stereocenters. The van der Waals surface area contributed by atoms with Gasteiger partial charge in [0.1, 0.15) is 5.82 Å². The van der Waals surface area contributed by atoms with E-state index in [-0.39, 0.29) is 16.0 Å². The second-order valence-electron chi connectivity index (χ2n) is 5.26. The largest absolute Gasteiger partial charge is 0.356 e. The van der Waals surface area contributed by atoms with E-state index in [0.29, 0.717) is 0 Å². The van der Waals surface area contributed by atoms with Crippen molar-refractivity contribution in [1.29, 1.82) is 0 Å². The zero-order chi connectivity index (χ0) is 17.8. The standard InChI is InChI=1S/C12H16FNO9/c1-6-4-7(2-3-8(6)13)5-14-9(15,16)11(19,20)23-12(21,22)10(14,17)18/h2-4,15-22H,5H2,1H3. The molecule has 0 spiro atoms. The van der Waals surface area contributed by atoms with Gasteiger partial charge in [-0.25, -0.2) is 4.39 Å². The van der Waals surface area contributed by atoms with Crippen molar-refractivity contribution in [2.45, 2.75) is 37.2 Å². The predicted octanol–water partition coefficient (Wildman–Crippen LogP) is -3.48. The summed E-state index contributed by atoms with van der Waals surface area (Å²) >= 11 is 0. The Balaban J connectivity index is 2.48. The van der Waals surface area contributed by atoms with Crippen LogP contribution in [0.5, 0.6) is 0 Å². The Labute approximate surface area is 128 Å². The average Bonchev–Trinajstić information content (AvgIpc) is 2.36. The smallest absolute Gasteiger partial charge is 0.347 e. The Morgan fingerprint density at radius 2 is 1.43 bits per heavy atom. The van der Waals surface area contributed by atoms with Crippen LogP contribution in [0.25, 0.3) is 0 Å². The van der Waals surface area contributed by atoms with Crippen molar-refractivity contribution in [1.82, 2.24) is 4.90 Å². The summed E-state index contributed by atoms with van der Waals surface area (Å²) in [6, 6.07) is 3.30. The number of rotatable bonds is 2. The number of ether oxygens (including phenoxy) is 1. The molecule has 1 aliphatic heterocycles. The third kappa shape index (κ3) is 2.72. The minimum atomic E-state index is -4.00. The highest BCUT2D eigenvalue weighted by atomic mass is 19.1. The lowest BCUT2D eigenvalue weighted by molar-refractivity contribution is -0.659. The number of benzene rings is 1. The van der Waals surface area contributed by atoms with Crippen molar-refractivity contribution >= 4 is 0 Å². The molecule has 23 heavy (non-hydrogen) atoms. The average molecular weight is 337 g/mol. The first-order valence-electron chi connectivity index (χ1n) is 6.24. The van der Waals surface area contributed by atoms with Crippen LogP contribution in [0.2, 0.25) is 0 Å². The highest BCUT2D eigenvalue weighted by Gasteiger charge is 2.74. The lowest BCUT2D eigenvalue weighted by Crippen LogP contribution is -2.83. The summed E-state index contributed by atoms with van der Waals surface area (Å²) in [5, 5.41) is 76.6. The maximum absolute atomic E-state index is 13.2. The molecule has 0 amide bonds. The fraction of sp³-hybridized carbons (Fsp3) is 0.500. The van der Waals surface area contributed by atoms with Crippen LogP contribution in [-0.2, 0) is 11.3 Å². The molecule has 10 nitrogen and oxygen atoms in total. The maximum atomic E-state index is 13.2. The molecule has 0 aromatic heterocycles. The van der Waals surface area contributed by atoms with Crippen LogP contribution >= 0.6 is 0 Å². The molecule has 130 valence electrons. The van der Waals surface area contributed by atoms with Crippen molar-refractivity contribution in [3.8, 4) is 0 Å². The molecule has 1 aromatic rings. The fourth-order valence-corrected chi connectivity index (χ4v) is 2.11. The van der Waals surface area contributed by atoms with Gasteiger partial charge in [0.25, 0.3) is 0 Å². The van der Waals surface area contributed by atoms with E-state index in [1.54, 1.807) is 0 Å². The minimum absolute atomic E-state index is 0.0531. The van der Waals surface area contributed by atoms with Crippen LogP contribution < -0.4 is 0 Å². The number of hydrogen-bond donors (Lipinski definition) is 8. The van der Waals surface area contributed by atoms with Crippen LogP contribution in [0.15, 0.2) is 18.2 Å². The van der Waals surface area contributed by atoms with E-state index in [2.05, 4.69) is 4.74 Å². The number of morpholine rings is 1. The van der Waals surface area contributed by atoms with E-state index >= 15 is 0 Å². The highest BCUT2D eigenvalue weighted by Crippen LogP contribution is 2.42. The summed E-state index contributed by atoms with van der Waals surface area (Å²) < 4.78 is 17.0. The zero-order valence-electron chi connectivity index (χ0n) is 11.8. The molecule has 0 bridgehead atoms. The van der Waals surface area contributed by atoms with E-state index in [1.807, 2.05) is 0 Å². The van der Waals surface area contributed by atoms with Gasteiger partial charge in [0.15, 0.2) is 0 Å². The van der Waals surface area contributed by atoms with Gasteiger partial charge in [-0.15, -0.1) is 0 Å². The molecule has 1 fully saturated rings. The fourth-order valence-electron chi connectivity index (χ4n) is 2.11. The molecule has 2 rings (SSSR count). The van der Waals surface area contributed by atoms with Gasteiger partial charge in [-0.05, 0) is 24.1 Å². The molecular formula is C12H16FNO9. The number of halogens is 1. The second-order valence-corrected chi connectivity index (χ2v) is 5.26. The van der Waals surface area contributed by atoms with Gasteiger partial charge in [-0.1, -0.05) is 12.1 Å². The van der Waals surface area contributed by atoms with Crippen LogP contribution in [0.4, 0.5) is 4.39 Å². The van der Waals surface area contributed by atoms with Crippen molar-refractivity contribution in [3.05, 3.63) is 35.1 Å². The molecule has 0 radical (unpaired) electrons. The number of nitrogens with zero attached hydrogens (tertiary/aromatic N) is 1. The van der Waals surface area contributed by atoms with Gasteiger partial charge in [-0.2, -0.15) is 4.90 Å². The van der Waals surface area contributed by atoms with Gasteiger partial charge >= 0.3 is 23.8 Å². The topological polar surface area (TPSA) is 174 Å². The summed E-state index contributed by atoms with van der Waals surface area (Å²) in [4.78, 5) is -0.268. The number of aryl methyl sites for hydroxylation is 1. The number of aliphatic hydroxyl groups is 8. The maximum Gasteiger partial charge on any atom is 0.356 e. The van der Waals surface area contributed by atoms with Crippen LogP contribution in [0.1, 0.15) is 11.1 Å². The number of hydrogen-bond acceptors (Lipinski definition) is 10. The first kappa shape index (κ1) is 18.1. The summed E-state index contributed by atoms with van der Waals surface area (Å²) in [6.45, 7) is 0.509. The third-order valence-electron chi connectivity index (χ3n) is 3.47. The Bertz CT molecular complexity index is 591. The quantitative estimate of drug-likeness (QED) is 0.253. The van der Waals surface area contributed by atoms with Gasteiger partial charge < -0.3 is 40.9 Å². The lowest BCUT2D eigenvalue weighted by atomic mass is 10.1. The van der Waals surface area contributed by atoms with E-state index in [4.69, 9.17) is 0 Å². The molecule has 0 saturated carbocycles. The van der Waals surface area contributed by atoms with Gasteiger partial charge in [0.2, 0.25) is 0 Å². The predicted molar refractivity (Wildman–Crippen MR) is 66.4 cm³/mol. The monoisotopic (exact) mass is 337 g/mol. The van der Waals surface area contributed by atoms with E-state index < -0.39 is 36.1 Å². The van der Waals surface area contributed by atoms with Crippen molar-refractivity contribution < 1.29 is 50.0 Å². The highest BCUT2D eigenvalue weighted by molar-refractivity contribution is 5.24. The Kier molecular flexibility index (Phi) is 4.03. The molecule has 1 aromatic carbocycles. The molecule has 11 heteroatoms.